The van der Waals surface area contributed by atoms with Crippen molar-refractivity contribution in [3.63, 3.8) is 0 Å². The van der Waals surface area contributed by atoms with Crippen LogP contribution in [0, 0.1) is 0 Å². The molecule has 8 heteroatoms. The lowest BCUT2D eigenvalue weighted by molar-refractivity contribution is -0.139. The Labute approximate surface area is 227 Å². The summed E-state index contributed by atoms with van der Waals surface area (Å²) in [5.41, 5.74) is 3.37. The first-order valence-corrected chi connectivity index (χ1v) is 13.0. The van der Waals surface area contributed by atoms with Gasteiger partial charge in [0.1, 0.15) is 5.38 Å². The number of halogens is 1. The molecule has 3 aromatic rings. The lowest BCUT2D eigenvalue weighted by Crippen LogP contribution is -2.48. The number of carbonyl (C=O) groups excluding carboxylic acids is 3. The predicted octanol–water partition coefficient (Wildman–Crippen LogP) is 6.06. The molecule has 2 unspecified atom stereocenters. The van der Waals surface area contributed by atoms with E-state index in [4.69, 9.17) is 16.3 Å². The maximum atomic E-state index is 13.4. The Morgan fingerprint density at radius 2 is 1.68 bits per heavy atom. The second-order valence-electron chi connectivity index (χ2n) is 8.77. The molecule has 0 aromatic heterocycles. The number of benzene rings is 3. The van der Waals surface area contributed by atoms with Crippen molar-refractivity contribution in [2.75, 3.05) is 18.5 Å². The first kappa shape index (κ1) is 26.9. The molecule has 0 aliphatic carbocycles. The summed E-state index contributed by atoms with van der Waals surface area (Å²) < 4.78 is 5.46. The van der Waals surface area contributed by atoms with E-state index in [0.29, 0.717) is 41.1 Å². The van der Waals surface area contributed by atoms with E-state index in [0.717, 1.165) is 5.56 Å². The molecule has 3 amide bonds. The molecule has 0 spiro atoms. The van der Waals surface area contributed by atoms with Gasteiger partial charge in [-0.05, 0) is 42.2 Å². The predicted molar refractivity (Wildman–Crippen MR) is 148 cm³/mol. The largest absolute Gasteiger partial charge is 0.463 e. The molecule has 4 rings (SSSR count). The van der Waals surface area contributed by atoms with Gasteiger partial charge in [-0.3, -0.25) is 9.69 Å². The molecule has 38 heavy (non-hydrogen) atoms. The maximum absolute atomic E-state index is 13.4. The Kier molecular flexibility index (Phi) is 8.81. The lowest BCUT2D eigenvalue weighted by atomic mass is 9.91. The number of urea groups is 1. The first-order chi connectivity index (χ1) is 18.4. The zero-order chi connectivity index (χ0) is 27.1. The molecule has 0 fully saturated rings. The SMILES string of the molecule is CCCN1C(=O)NC(c2cccc(NC(=O)C(Cl)c3ccccc3)c2)C(C(=O)OCC)=C1c1ccccc1. The standard InChI is InChI=1S/C30H30ClN3O4/c1-3-18-34-27(21-14-9-6-10-15-21)24(29(36)38-4-2)26(33-30(34)37)22-16-11-17-23(19-22)32-28(35)25(31)20-12-7-5-8-13-20/h5-17,19,25-26H,3-4,18H2,1-2H3,(H,32,35)(H,33,37). The number of nitrogens with one attached hydrogen (secondary N) is 2. The summed E-state index contributed by atoms with van der Waals surface area (Å²) in [6, 6.07) is 24.3. The van der Waals surface area contributed by atoms with Crippen molar-refractivity contribution in [2.24, 2.45) is 0 Å². The van der Waals surface area contributed by atoms with Gasteiger partial charge in [-0.25, -0.2) is 9.59 Å². The van der Waals surface area contributed by atoms with E-state index in [9.17, 15) is 14.4 Å². The van der Waals surface area contributed by atoms with E-state index >= 15 is 0 Å². The lowest BCUT2D eigenvalue weighted by Gasteiger charge is -2.37. The van der Waals surface area contributed by atoms with Gasteiger partial charge in [0.15, 0.2) is 0 Å². The van der Waals surface area contributed by atoms with Gasteiger partial charge in [-0.1, -0.05) is 79.7 Å². The average molecular weight is 532 g/mol. The van der Waals surface area contributed by atoms with Crippen LogP contribution in [0.25, 0.3) is 5.70 Å². The second kappa shape index (κ2) is 12.4. The number of carbonyl (C=O) groups is 3. The zero-order valence-corrected chi connectivity index (χ0v) is 22.1. The van der Waals surface area contributed by atoms with Crippen molar-refractivity contribution in [3.8, 4) is 0 Å². The minimum absolute atomic E-state index is 0.186. The summed E-state index contributed by atoms with van der Waals surface area (Å²) in [5.74, 6) is -0.903. The summed E-state index contributed by atoms with van der Waals surface area (Å²) in [5, 5.41) is 4.94. The third-order valence-electron chi connectivity index (χ3n) is 6.13. The van der Waals surface area contributed by atoms with E-state index in [-0.39, 0.29) is 18.5 Å². The van der Waals surface area contributed by atoms with E-state index in [2.05, 4.69) is 10.6 Å². The quantitative estimate of drug-likeness (QED) is 0.260. The minimum Gasteiger partial charge on any atom is -0.463 e. The van der Waals surface area contributed by atoms with Gasteiger partial charge in [0.25, 0.3) is 0 Å². The average Bonchev–Trinajstić information content (AvgIpc) is 2.94. The van der Waals surface area contributed by atoms with E-state index in [1.165, 1.54) is 0 Å². The van der Waals surface area contributed by atoms with Crippen LogP contribution in [0.1, 0.15) is 48.4 Å². The molecule has 196 valence electrons. The molecule has 0 saturated heterocycles. The molecule has 0 saturated carbocycles. The van der Waals surface area contributed by atoms with Gasteiger partial charge in [-0.2, -0.15) is 0 Å². The fourth-order valence-electron chi connectivity index (χ4n) is 4.45. The zero-order valence-electron chi connectivity index (χ0n) is 21.3. The third kappa shape index (κ3) is 5.89. The third-order valence-corrected chi connectivity index (χ3v) is 6.58. The molecular weight excluding hydrogens is 502 g/mol. The molecular formula is C30H30ClN3O4. The monoisotopic (exact) mass is 531 g/mol. The van der Waals surface area contributed by atoms with Gasteiger partial charge < -0.3 is 15.4 Å². The summed E-state index contributed by atoms with van der Waals surface area (Å²) in [7, 11) is 0. The highest BCUT2D eigenvalue weighted by Crippen LogP contribution is 2.37. The van der Waals surface area contributed by atoms with Crippen LogP contribution in [0.15, 0.2) is 90.5 Å². The van der Waals surface area contributed by atoms with Crippen LogP contribution in [0.5, 0.6) is 0 Å². The van der Waals surface area contributed by atoms with Gasteiger partial charge in [0.2, 0.25) is 5.91 Å². The number of anilines is 1. The summed E-state index contributed by atoms with van der Waals surface area (Å²) >= 11 is 6.40. The van der Waals surface area contributed by atoms with E-state index < -0.39 is 17.4 Å². The fourth-order valence-corrected chi connectivity index (χ4v) is 4.65. The van der Waals surface area contributed by atoms with Crippen molar-refractivity contribution in [1.29, 1.82) is 0 Å². The number of ether oxygens (including phenoxy) is 1. The van der Waals surface area contributed by atoms with Crippen LogP contribution in [-0.2, 0) is 14.3 Å². The van der Waals surface area contributed by atoms with Crippen molar-refractivity contribution in [2.45, 2.75) is 31.7 Å². The highest BCUT2D eigenvalue weighted by atomic mass is 35.5. The Morgan fingerprint density at radius 1 is 1.00 bits per heavy atom. The Bertz CT molecular complexity index is 1330. The summed E-state index contributed by atoms with van der Waals surface area (Å²) in [6.07, 6.45) is 0.701. The smallest absolute Gasteiger partial charge is 0.338 e. The highest BCUT2D eigenvalue weighted by Gasteiger charge is 2.38. The Hall–Kier alpha value is -4.10. The molecule has 1 heterocycles. The molecule has 2 atom stereocenters. The number of esters is 1. The molecule has 0 radical (unpaired) electrons. The van der Waals surface area contributed by atoms with Crippen LogP contribution < -0.4 is 10.6 Å². The number of nitrogens with zero attached hydrogens (tertiary/aromatic N) is 1. The number of alkyl halides is 1. The number of rotatable bonds is 9. The second-order valence-corrected chi connectivity index (χ2v) is 9.21. The van der Waals surface area contributed by atoms with Crippen LogP contribution in [-0.4, -0.2) is 36.0 Å². The van der Waals surface area contributed by atoms with Gasteiger partial charge >= 0.3 is 12.0 Å². The van der Waals surface area contributed by atoms with Crippen molar-refractivity contribution < 1.29 is 19.1 Å². The Balaban J connectivity index is 1.75. The maximum Gasteiger partial charge on any atom is 0.338 e. The van der Waals surface area contributed by atoms with Crippen molar-refractivity contribution >= 4 is 40.9 Å². The molecule has 0 bridgehead atoms. The first-order valence-electron chi connectivity index (χ1n) is 12.6. The van der Waals surface area contributed by atoms with Crippen LogP contribution >= 0.6 is 11.6 Å². The fraction of sp³-hybridized carbons (Fsp3) is 0.233. The number of amides is 3. The van der Waals surface area contributed by atoms with Crippen molar-refractivity contribution in [1.82, 2.24) is 10.2 Å². The number of hydrogen-bond donors (Lipinski definition) is 2. The van der Waals surface area contributed by atoms with Crippen LogP contribution in [0.2, 0.25) is 0 Å². The van der Waals surface area contributed by atoms with Gasteiger partial charge in [0.05, 0.1) is 23.9 Å². The van der Waals surface area contributed by atoms with Crippen LogP contribution in [0.3, 0.4) is 0 Å². The van der Waals surface area contributed by atoms with Crippen molar-refractivity contribution in [3.05, 3.63) is 107 Å². The molecule has 7 nitrogen and oxygen atoms in total. The Morgan fingerprint density at radius 3 is 2.34 bits per heavy atom. The van der Waals surface area contributed by atoms with Gasteiger partial charge in [-0.15, -0.1) is 11.6 Å². The van der Waals surface area contributed by atoms with Gasteiger partial charge in [0, 0.05) is 12.2 Å². The molecule has 1 aliphatic rings. The summed E-state index contributed by atoms with van der Waals surface area (Å²) in [6.45, 7) is 4.33. The topological polar surface area (TPSA) is 87.7 Å². The number of hydrogen-bond acceptors (Lipinski definition) is 4. The minimum atomic E-state index is -0.878. The van der Waals surface area contributed by atoms with Crippen LogP contribution in [0.4, 0.5) is 10.5 Å². The van der Waals surface area contributed by atoms with E-state index in [1.807, 2.05) is 55.5 Å². The normalized spacial score (nSPS) is 16.0. The molecule has 1 aliphatic heterocycles. The highest BCUT2D eigenvalue weighted by molar-refractivity contribution is 6.32. The molecule has 3 aromatic carbocycles. The van der Waals surface area contributed by atoms with E-state index in [1.54, 1.807) is 48.2 Å². The summed E-state index contributed by atoms with van der Waals surface area (Å²) in [4.78, 5) is 41.2. The molecule has 2 N–H and O–H groups in total.